The van der Waals surface area contributed by atoms with E-state index >= 15 is 0 Å². The van der Waals surface area contributed by atoms with Crippen LogP contribution in [-0.4, -0.2) is 32.6 Å². The second-order valence-corrected chi connectivity index (χ2v) is 8.52. The molecule has 35 heavy (non-hydrogen) atoms. The minimum absolute atomic E-state index is 0.0592. The van der Waals surface area contributed by atoms with Crippen molar-refractivity contribution in [3.05, 3.63) is 76.1 Å². The van der Waals surface area contributed by atoms with Crippen LogP contribution in [0.5, 0.6) is 17.2 Å². The molecule has 7 heteroatoms. The fraction of sp³-hybridized carbons (Fsp3) is 0.357. The van der Waals surface area contributed by atoms with E-state index < -0.39 is 11.9 Å². The molecule has 0 fully saturated rings. The summed E-state index contributed by atoms with van der Waals surface area (Å²) in [6.45, 7) is 4.19. The van der Waals surface area contributed by atoms with E-state index in [2.05, 4.69) is 5.32 Å². The second-order valence-electron chi connectivity index (χ2n) is 8.52. The van der Waals surface area contributed by atoms with Gasteiger partial charge >= 0.3 is 5.97 Å². The highest BCUT2D eigenvalue weighted by Gasteiger charge is 2.39. The van der Waals surface area contributed by atoms with E-state index in [1.807, 2.05) is 49.4 Å². The Morgan fingerprint density at radius 3 is 2.46 bits per heavy atom. The third-order valence-electron chi connectivity index (χ3n) is 6.37. The van der Waals surface area contributed by atoms with Gasteiger partial charge in [-0.1, -0.05) is 12.1 Å². The van der Waals surface area contributed by atoms with E-state index in [1.54, 1.807) is 21.1 Å². The van der Waals surface area contributed by atoms with Gasteiger partial charge in [-0.2, -0.15) is 0 Å². The number of esters is 1. The second kappa shape index (κ2) is 10.7. The summed E-state index contributed by atoms with van der Waals surface area (Å²) in [5, 5.41) is 3.30. The Hall–Kier alpha value is -3.74. The van der Waals surface area contributed by atoms with Crippen molar-refractivity contribution in [1.29, 1.82) is 0 Å². The Morgan fingerprint density at radius 2 is 1.77 bits per heavy atom. The van der Waals surface area contributed by atoms with Crippen molar-refractivity contribution in [1.82, 2.24) is 5.32 Å². The predicted octanol–water partition coefficient (Wildman–Crippen LogP) is 4.81. The maximum Gasteiger partial charge on any atom is 0.336 e. The van der Waals surface area contributed by atoms with Crippen LogP contribution in [0, 0.1) is 0 Å². The molecule has 1 atom stereocenters. The number of hydrogen-bond donors (Lipinski definition) is 1. The molecule has 0 spiro atoms. The number of carbonyl (C=O) groups excluding carboxylic acids is 2. The number of rotatable bonds is 8. The van der Waals surface area contributed by atoms with Gasteiger partial charge in [-0.3, -0.25) is 4.79 Å². The van der Waals surface area contributed by atoms with E-state index in [9.17, 15) is 9.59 Å². The molecule has 1 heterocycles. The molecule has 2 aromatic carbocycles. The van der Waals surface area contributed by atoms with Crippen LogP contribution in [0.4, 0.5) is 0 Å². The van der Waals surface area contributed by atoms with Crippen molar-refractivity contribution >= 4 is 11.8 Å². The third kappa shape index (κ3) is 5.04. The number of Topliss-reactive ketones (excluding diaryl/α,β-unsaturated/α-hetero) is 1. The van der Waals surface area contributed by atoms with Crippen LogP contribution in [0.15, 0.2) is 65.0 Å². The van der Waals surface area contributed by atoms with Crippen LogP contribution in [-0.2, 0) is 20.9 Å². The molecule has 1 aliphatic heterocycles. The lowest BCUT2D eigenvalue weighted by Gasteiger charge is -2.34. The highest BCUT2D eigenvalue weighted by Crippen LogP contribution is 2.43. The molecule has 0 aromatic heterocycles. The van der Waals surface area contributed by atoms with Gasteiger partial charge in [0.25, 0.3) is 0 Å². The maximum absolute atomic E-state index is 13.0. The average molecular weight is 478 g/mol. The minimum atomic E-state index is -0.511. The van der Waals surface area contributed by atoms with Crippen molar-refractivity contribution in [3.63, 3.8) is 0 Å². The number of ketones is 1. The number of methoxy groups -OCH3 is 2. The number of carbonyl (C=O) groups is 2. The zero-order valence-corrected chi connectivity index (χ0v) is 20.6. The van der Waals surface area contributed by atoms with Gasteiger partial charge in [-0.15, -0.1) is 0 Å². The third-order valence-corrected chi connectivity index (χ3v) is 6.37. The summed E-state index contributed by atoms with van der Waals surface area (Å²) in [5.74, 6) is 1.22. The summed E-state index contributed by atoms with van der Waals surface area (Å²) in [6.07, 6.45) is 2.04. The number of dihydropyridines is 1. The van der Waals surface area contributed by atoms with Crippen LogP contribution in [0.2, 0.25) is 0 Å². The molecule has 4 rings (SSSR count). The number of nitrogens with one attached hydrogen (secondary N) is 1. The number of allylic oxidation sites excluding steroid dienone is 3. The molecule has 2 aliphatic rings. The van der Waals surface area contributed by atoms with Gasteiger partial charge < -0.3 is 24.3 Å². The van der Waals surface area contributed by atoms with Gasteiger partial charge in [0.1, 0.15) is 23.9 Å². The maximum atomic E-state index is 13.0. The van der Waals surface area contributed by atoms with E-state index in [0.717, 1.165) is 35.4 Å². The van der Waals surface area contributed by atoms with E-state index in [4.69, 9.17) is 18.9 Å². The van der Waals surface area contributed by atoms with E-state index in [0.29, 0.717) is 41.4 Å². The first-order chi connectivity index (χ1) is 17.0. The number of ether oxygens (including phenoxy) is 4. The molecule has 0 radical (unpaired) electrons. The average Bonchev–Trinajstić information content (AvgIpc) is 2.87. The first-order valence-corrected chi connectivity index (χ1v) is 11.8. The fourth-order valence-corrected chi connectivity index (χ4v) is 4.69. The van der Waals surface area contributed by atoms with Crippen molar-refractivity contribution in [2.24, 2.45) is 0 Å². The Balaban J connectivity index is 1.68. The highest BCUT2D eigenvalue weighted by atomic mass is 16.5. The largest absolute Gasteiger partial charge is 0.497 e. The molecule has 1 N–H and O–H groups in total. The van der Waals surface area contributed by atoms with Crippen LogP contribution < -0.4 is 19.5 Å². The lowest BCUT2D eigenvalue weighted by Crippen LogP contribution is -2.34. The predicted molar refractivity (Wildman–Crippen MR) is 131 cm³/mol. The summed E-state index contributed by atoms with van der Waals surface area (Å²) < 4.78 is 22.2. The van der Waals surface area contributed by atoms with Crippen LogP contribution in [0.1, 0.15) is 50.2 Å². The molecule has 2 aromatic rings. The van der Waals surface area contributed by atoms with Crippen LogP contribution >= 0.6 is 0 Å². The fourth-order valence-electron chi connectivity index (χ4n) is 4.69. The lowest BCUT2D eigenvalue weighted by atomic mass is 9.75. The molecule has 0 bridgehead atoms. The molecule has 0 amide bonds. The van der Waals surface area contributed by atoms with Crippen molar-refractivity contribution in [2.45, 2.75) is 45.6 Å². The lowest BCUT2D eigenvalue weighted by molar-refractivity contribution is -0.138. The van der Waals surface area contributed by atoms with Crippen molar-refractivity contribution < 1.29 is 28.5 Å². The number of hydrogen-bond acceptors (Lipinski definition) is 7. The molecule has 1 aliphatic carbocycles. The monoisotopic (exact) mass is 477 g/mol. The summed E-state index contributed by atoms with van der Waals surface area (Å²) in [7, 11) is 3.22. The van der Waals surface area contributed by atoms with Gasteiger partial charge in [-0.25, -0.2) is 4.79 Å². The summed E-state index contributed by atoms with van der Waals surface area (Å²) in [6, 6.07) is 13.1. The summed E-state index contributed by atoms with van der Waals surface area (Å²) in [5.41, 5.74) is 4.38. The zero-order valence-electron chi connectivity index (χ0n) is 20.6. The molecular formula is C28H31NO6. The van der Waals surface area contributed by atoms with Crippen LogP contribution in [0.3, 0.4) is 0 Å². The summed E-state index contributed by atoms with van der Waals surface area (Å²) in [4.78, 5) is 26.0. The molecule has 1 unspecified atom stereocenters. The normalized spacial score (nSPS) is 17.5. The quantitative estimate of drug-likeness (QED) is 0.546. The van der Waals surface area contributed by atoms with E-state index in [-0.39, 0.29) is 12.4 Å². The first kappa shape index (κ1) is 24.4. The molecule has 0 saturated heterocycles. The van der Waals surface area contributed by atoms with Crippen LogP contribution in [0.25, 0.3) is 0 Å². The first-order valence-electron chi connectivity index (χ1n) is 11.8. The van der Waals surface area contributed by atoms with E-state index in [1.165, 1.54) is 0 Å². The Morgan fingerprint density at radius 1 is 1.03 bits per heavy atom. The molecular weight excluding hydrogens is 446 g/mol. The van der Waals surface area contributed by atoms with Gasteiger partial charge in [0.15, 0.2) is 5.78 Å². The molecule has 0 saturated carbocycles. The smallest absolute Gasteiger partial charge is 0.336 e. The zero-order chi connectivity index (χ0) is 24.9. The van der Waals surface area contributed by atoms with Gasteiger partial charge in [0.2, 0.25) is 0 Å². The van der Waals surface area contributed by atoms with Crippen molar-refractivity contribution in [3.8, 4) is 17.2 Å². The minimum Gasteiger partial charge on any atom is -0.497 e. The standard InChI is InChI=1S/C28H31NO6/c1-5-34-28(31)25-17(2)29-22-7-6-8-23(30)27(22)26(25)18-9-10-19(24(15-18)33-4)16-35-21-13-11-20(32-3)12-14-21/h9-15,26,29H,5-8,16H2,1-4H3. The van der Waals surface area contributed by atoms with Gasteiger partial charge in [-0.05, 0) is 62.6 Å². The molecule has 7 nitrogen and oxygen atoms in total. The Kier molecular flexibility index (Phi) is 7.44. The Labute approximate surface area is 205 Å². The van der Waals surface area contributed by atoms with Crippen molar-refractivity contribution in [2.75, 3.05) is 20.8 Å². The highest BCUT2D eigenvalue weighted by molar-refractivity contribution is 6.03. The van der Waals surface area contributed by atoms with Gasteiger partial charge in [0.05, 0.1) is 26.4 Å². The Bertz CT molecular complexity index is 1180. The SMILES string of the molecule is CCOC(=O)C1=C(C)NC2=C(C(=O)CCC2)C1c1ccc(COc2ccc(OC)cc2)c(OC)c1. The topological polar surface area (TPSA) is 83.1 Å². The molecule has 184 valence electrons. The number of benzene rings is 2. The van der Waals surface area contributed by atoms with Gasteiger partial charge in [0, 0.05) is 34.9 Å². The summed E-state index contributed by atoms with van der Waals surface area (Å²) >= 11 is 0.